The van der Waals surface area contributed by atoms with Crippen LogP contribution in [0.4, 0.5) is 0 Å². The summed E-state index contributed by atoms with van der Waals surface area (Å²) in [6, 6.07) is 5.83. The van der Waals surface area contributed by atoms with Crippen molar-refractivity contribution in [3.63, 3.8) is 0 Å². The van der Waals surface area contributed by atoms with Gasteiger partial charge in [0.15, 0.2) is 0 Å². The summed E-state index contributed by atoms with van der Waals surface area (Å²) in [5, 5.41) is 1.28. The van der Waals surface area contributed by atoms with E-state index in [1.54, 1.807) is 0 Å². The minimum Gasteiger partial charge on any atom is -0.0827 e. The molecule has 2 heteroatoms. The van der Waals surface area contributed by atoms with Crippen LogP contribution in [-0.2, 0) is 0 Å². The third-order valence-electron chi connectivity index (χ3n) is 2.13. The molecule has 0 saturated heterocycles. The van der Waals surface area contributed by atoms with Crippen molar-refractivity contribution >= 4 is 23.2 Å². The summed E-state index contributed by atoms with van der Waals surface area (Å²) >= 11 is 11.7. The molecule has 0 heterocycles. The average molecular weight is 203 g/mol. The van der Waals surface area contributed by atoms with Crippen LogP contribution in [-0.4, -0.2) is 0 Å². The maximum absolute atomic E-state index is 5.88. The number of rotatable bonds is 2. The van der Waals surface area contributed by atoms with E-state index >= 15 is 0 Å². The monoisotopic (exact) mass is 202 g/mol. The van der Waals surface area contributed by atoms with Gasteiger partial charge in [0.2, 0.25) is 0 Å². The Hall–Kier alpha value is -0.200. The Kier molecular flexibility index (Phi) is 3.42. The molecule has 0 radical (unpaired) electrons. The highest BCUT2D eigenvalue weighted by Crippen LogP contribution is 2.27. The van der Waals surface area contributed by atoms with Crippen LogP contribution in [0.25, 0.3) is 0 Å². The molecular formula is C10H12Cl2. The lowest BCUT2D eigenvalue weighted by atomic mass is 9.99. The van der Waals surface area contributed by atoms with Crippen molar-refractivity contribution in [1.29, 1.82) is 0 Å². The van der Waals surface area contributed by atoms with E-state index in [1.807, 2.05) is 18.2 Å². The van der Waals surface area contributed by atoms with Crippen LogP contribution in [0.3, 0.4) is 0 Å². The Morgan fingerprint density at radius 3 is 2.42 bits per heavy atom. The first kappa shape index (κ1) is 9.88. The zero-order valence-corrected chi connectivity index (χ0v) is 8.78. The van der Waals surface area contributed by atoms with Gasteiger partial charge in [0, 0.05) is 0 Å². The van der Waals surface area contributed by atoms with Gasteiger partial charge in [-0.1, -0.05) is 43.1 Å². The normalized spacial score (nSPS) is 13.0. The van der Waals surface area contributed by atoms with Crippen molar-refractivity contribution in [2.24, 2.45) is 0 Å². The van der Waals surface area contributed by atoms with E-state index in [-0.39, 0.29) is 0 Å². The van der Waals surface area contributed by atoms with Gasteiger partial charge >= 0.3 is 0 Å². The minimum atomic E-state index is 0.555. The maximum Gasteiger partial charge on any atom is 0.0595 e. The molecule has 0 bridgehead atoms. The molecule has 0 unspecified atom stereocenters. The van der Waals surface area contributed by atoms with Crippen molar-refractivity contribution in [1.82, 2.24) is 0 Å². The Morgan fingerprint density at radius 1 is 1.25 bits per heavy atom. The molecule has 0 aliphatic heterocycles. The van der Waals surface area contributed by atoms with Crippen LogP contribution in [0.2, 0.25) is 10.0 Å². The Bertz CT molecular complexity index is 269. The van der Waals surface area contributed by atoms with Gasteiger partial charge in [0.25, 0.3) is 0 Å². The minimum absolute atomic E-state index is 0.555. The fraction of sp³-hybridized carbons (Fsp3) is 0.400. The van der Waals surface area contributed by atoms with E-state index in [0.717, 1.165) is 6.42 Å². The average Bonchev–Trinajstić information content (AvgIpc) is 2.08. The van der Waals surface area contributed by atoms with Gasteiger partial charge in [-0.25, -0.2) is 0 Å². The van der Waals surface area contributed by atoms with Crippen molar-refractivity contribution in [2.75, 3.05) is 0 Å². The van der Waals surface area contributed by atoms with E-state index in [4.69, 9.17) is 23.2 Å². The van der Waals surface area contributed by atoms with Crippen molar-refractivity contribution in [2.45, 2.75) is 26.2 Å². The van der Waals surface area contributed by atoms with Gasteiger partial charge < -0.3 is 0 Å². The molecule has 0 aromatic heterocycles. The molecule has 1 atom stereocenters. The molecule has 1 rings (SSSR count). The lowest BCUT2D eigenvalue weighted by Gasteiger charge is -2.09. The molecule has 1 aromatic rings. The lowest BCUT2D eigenvalue weighted by molar-refractivity contribution is 0.734. The molecule has 0 fully saturated rings. The van der Waals surface area contributed by atoms with E-state index in [1.165, 1.54) is 5.56 Å². The smallest absolute Gasteiger partial charge is 0.0595 e. The second-order valence-electron chi connectivity index (χ2n) is 2.98. The van der Waals surface area contributed by atoms with Crippen molar-refractivity contribution in [3.05, 3.63) is 33.8 Å². The molecular weight excluding hydrogens is 191 g/mol. The molecule has 0 spiro atoms. The van der Waals surface area contributed by atoms with E-state index in [9.17, 15) is 0 Å². The van der Waals surface area contributed by atoms with Crippen LogP contribution in [0.15, 0.2) is 18.2 Å². The summed E-state index contributed by atoms with van der Waals surface area (Å²) in [6.07, 6.45) is 1.12. The molecule has 66 valence electrons. The predicted molar refractivity (Wildman–Crippen MR) is 55.2 cm³/mol. The second kappa shape index (κ2) is 4.15. The van der Waals surface area contributed by atoms with E-state index in [2.05, 4.69) is 13.8 Å². The Labute approximate surface area is 83.5 Å². The SMILES string of the molecule is CC[C@H](C)c1ccc(Cl)c(Cl)c1. The zero-order valence-electron chi connectivity index (χ0n) is 7.27. The number of hydrogen-bond donors (Lipinski definition) is 0. The summed E-state index contributed by atoms with van der Waals surface area (Å²) in [7, 11) is 0. The lowest BCUT2D eigenvalue weighted by Crippen LogP contribution is -1.90. The summed E-state index contributed by atoms with van der Waals surface area (Å²) in [6.45, 7) is 4.34. The summed E-state index contributed by atoms with van der Waals surface area (Å²) in [5.41, 5.74) is 1.26. The topological polar surface area (TPSA) is 0 Å². The predicted octanol–water partition coefficient (Wildman–Crippen LogP) is 4.51. The highest BCUT2D eigenvalue weighted by Gasteiger charge is 2.04. The summed E-state index contributed by atoms with van der Waals surface area (Å²) in [5.74, 6) is 0.555. The first-order chi connectivity index (χ1) is 5.65. The van der Waals surface area contributed by atoms with Gasteiger partial charge in [-0.3, -0.25) is 0 Å². The van der Waals surface area contributed by atoms with E-state index in [0.29, 0.717) is 16.0 Å². The van der Waals surface area contributed by atoms with Crippen LogP contribution < -0.4 is 0 Å². The van der Waals surface area contributed by atoms with Crippen LogP contribution in [0.1, 0.15) is 31.7 Å². The summed E-state index contributed by atoms with van der Waals surface area (Å²) < 4.78 is 0. The standard InChI is InChI=1S/C10H12Cl2/c1-3-7(2)8-4-5-9(11)10(12)6-8/h4-7H,3H2,1-2H3/t7-/m0/s1. The van der Waals surface area contributed by atoms with Crippen molar-refractivity contribution in [3.8, 4) is 0 Å². The molecule has 0 saturated carbocycles. The van der Waals surface area contributed by atoms with Gasteiger partial charge in [-0.2, -0.15) is 0 Å². The fourth-order valence-corrected chi connectivity index (χ4v) is 1.36. The van der Waals surface area contributed by atoms with E-state index < -0.39 is 0 Å². The first-order valence-corrected chi connectivity index (χ1v) is 4.85. The number of hydrogen-bond acceptors (Lipinski definition) is 0. The Morgan fingerprint density at radius 2 is 1.92 bits per heavy atom. The van der Waals surface area contributed by atoms with Gasteiger partial charge in [-0.15, -0.1) is 0 Å². The van der Waals surface area contributed by atoms with Crippen LogP contribution >= 0.6 is 23.2 Å². The highest BCUT2D eigenvalue weighted by molar-refractivity contribution is 6.42. The highest BCUT2D eigenvalue weighted by atomic mass is 35.5. The largest absolute Gasteiger partial charge is 0.0827 e. The number of halogens is 2. The molecule has 0 amide bonds. The molecule has 12 heavy (non-hydrogen) atoms. The molecule has 0 aliphatic rings. The summed E-state index contributed by atoms with van der Waals surface area (Å²) in [4.78, 5) is 0. The van der Waals surface area contributed by atoms with Crippen LogP contribution in [0.5, 0.6) is 0 Å². The Balaban J connectivity index is 2.96. The molecule has 0 N–H and O–H groups in total. The van der Waals surface area contributed by atoms with Gasteiger partial charge in [0.05, 0.1) is 10.0 Å². The molecule has 1 aromatic carbocycles. The van der Waals surface area contributed by atoms with Gasteiger partial charge in [-0.05, 0) is 30.0 Å². The third-order valence-corrected chi connectivity index (χ3v) is 2.86. The zero-order chi connectivity index (χ0) is 9.14. The maximum atomic E-state index is 5.88. The second-order valence-corrected chi connectivity index (χ2v) is 3.80. The quantitative estimate of drug-likeness (QED) is 0.663. The number of benzene rings is 1. The molecule has 0 nitrogen and oxygen atoms in total. The van der Waals surface area contributed by atoms with Crippen molar-refractivity contribution < 1.29 is 0 Å². The third kappa shape index (κ3) is 2.15. The first-order valence-electron chi connectivity index (χ1n) is 4.10. The fourth-order valence-electron chi connectivity index (χ4n) is 1.05. The molecule has 0 aliphatic carbocycles. The van der Waals surface area contributed by atoms with Crippen LogP contribution in [0, 0.1) is 0 Å². The van der Waals surface area contributed by atoms with Gasteiger partial charge in [0.1, 0.15) is 0 Å².